The minimum absolute atomic E-state index is 0.0458. The van der Waals surface area contributed by atoms with Gasteiger partial charge in [0.15, 0.2) is 16.6 Å². The minimum Gasteiger partial charge on any atom is -0.416 e. The summed E-state index contributed by atoms with van der Waals surface area (Å²) >= 11 is 7.01. The van der Waals surface area contributed by atoms with Crippen LogP contribution in [0.5, 0.6) is 0 Å². The molecule has 0 unspecified atom stereocenters. The van der Waals surface area contributed by atoms with E-state index >= 15 is 0 Å². The fourth-order valence-electron chi connectivity index (χ4n) is 1.61. The molecule has 0 saturated carbocycles. The standard InChI is InChI=1S/C18H38Br2O2Si2/c1-14(13-21-23(8,9)17(2,3)4)15(12-16(19)20)22-24(10,11)18(5,6)7/h12,14-15H,13H2,1-11H3/t14-,15+/m0/s1. The van der Waals surface area contributed by atoms with Crippen LogP contribution in [0.1, 0.15) is 48.5 Å². The summed E-state index contributed by atoms with van der Waals surface area (Å²) < 4.78 is 14.0. The zero-order chi connectivity index (χ0) is 19.6. The van der Waals surface area contributed by atoms with Crippen LogP contribution in [0, 0.1) is 5.92 Å². The first-order chi connectivity index (χ1) is 10.4. The molecule has 0 radical (unpaired) electrons. The largest absolute Gasteiger partial charge is 0.416 e. The Balaban J connectivity index is 5.18. The van der Waals surface area contributed by atoms with Gasteiger partial charge in [0.1, 0.15) is 0 Å². The van der Waals surface area contributed by atoms with Crippen LogP contribution < -0.4 is 0 Å². The van der Waals surface area contributed by atoms with Gasteiger partial charge in [-0.25, -0.2) is 0 Å². The van der Waals surface area contributed by atoms with Gasteiger partial charge in [0, 0.05) is 12.5 Å². The SMILES string of the molecule is C[C@@H](CO[Si](C)(C)C(C)(C)C)[C@@H](C=C(Br)Br)O[Si](C)(C)C(C)(C)C. The molecule has 0 fully saturated rings. The minimum atomic E-state index is -1.84. The first-order valence-corrected chi connectivity index (χ1v) is 16.2. The summed E-state index contributed by atoms with van der Waals surface area (Å²) in [7, 11) is -3.58. The maximum absolute atomic E-state index is 6.66. The molecule has 0 aromatic rings. The molecule has 0 spiro atoms. The van der Waals surface area contributed by atoms with Gasteiger partial charge in [-0.2, -0.15) is 0 Å². The fraction of sp³-hybridized carbons (Fsp3) is 0.889. The van der Waals surface area contributed by atoms with Crippen molar-refractivity contribution >= 4 is 48.5 Å². The number of halogens is 2. The van der Waals surface area contributed by atoms with Gasteiger partial charge in [-0.05, 0) is 74.2 Å². The Bertz CT molecular complexity index is 431. The zero-order valence-electron chi connectivity index (χ0n) is 17.5. The van der Waals surface area contributed by atoms with Crippen LogP contribution in [-0.4, -0.2) is 29.3 Å². The smallest absolute Gasteiger partial charge is 0.192 e. The van der Waals surface area contributed by atoms with Crippen LogP contribution in [0.15, 0.2) is 9.47 Å². The van der Waals surface area contributed by atoms with Gasteiger partial charge >= 0.3 is 0 Å². The van der Waals surface area contributed by atoms with E-state index in [1.54, 1.807) is 0 Å². The molecule has 0 N–H and O–H groups in total. The van der Waals surface area contributed by atoms with Crippen molar-refractivity contribution in [2.24, 2.45) is 5.92 Å². The van der Waals surface area contributed by atoms with Gasteiger partial charge in [-0.15, -0.1) is 0 Å². The second kappa shape index (κ2) is 8.83. The Labute approximate surface area is 169 Å². The third-order valence-corrected chi connectivity index (χ3v) is 15.1. The lowest BCUT2D eigenvalue weighted by Crippen LogP contribution is -2.47. The Hall–Kier alpha value is 1.05. The molecular weight excluding hydrogens is 464 g/mol. The first-order valence-electron chi connectivity index (χ1n) is 8.75. The van der Waals surface area contributed by atoms with Crippen LogP contribution in [-0.2, 0) is 8.85 Å². The summed E-state index contributed by atoms with van der Waals surface area (Å²) in [5.41, 5.74) is 0. The van der Waals surface area contributed by atoms with E-state index in [0.717, 1.165) is 10.00 Å². The maximum atomic E-state index is 6.66. The second-order valence-corrected chi connectivity index (χ2v) is 22.2. The Morgan fingerprint density at radius 3 is 1.67 bits per heavy atom. The van der Waals surface area contributed by atoms with E-state index < -0.39 is 16.6 Å². The van der Waals surface area contributed by atoms with Crippen molar-refractivity contribution in [1.82, 2.24) is 0 Å². The van der Waals surface area contributed by atoms with Crippen molar-refractivity contribution in [2.45, 2.75) is 90.8 Å². The van der Waals surface area contributed by atoms with Gasteiger partial charge in [-0.3, -0.25) is 0 Å². The highest BCUT2D eigenvalue weighted by molar-refractivity contribution is 9.28. The Morgan fingerprint density at radius 1 is 0.917 bits per heavy atom. The third-order valence-electron chi connectivity index (χ3n) is 5.60. The lowest BCUT2D eigenvalue weighted by Gasteiger charge is -2.41. The number of hydrogen-bond donors (Lipinski definition) is 0. The first kappa shape index (κ1) is 25.1. The average molecular weight is 502 g/mol. The highest BCUT2D eigenvalue weighted by atomic mass is 79.9. The van der Waals surface area contributed by atoms with E-state index in [4.69, 9.17) is 8.85 Å². The second-order valence-electron chi connectivity index (χ2n) is 9.85. The molecule has 2 nitrogen and oxygen atoms in total. The highest BCUT2D eigenvalue weighted by Crippen LogP contribution is 2.40. The van der Waals surface area contributed by atoms with Gasteiger partial charge in [-0.1, -0.05) is 48.5 Å². The molecule has 0 amide bonds. The summed E-state index contributed by atoms with van der Waals surface area (Å²) in [4.78, 5) is 0. The van der Waals surface area contributed by atoms with Crippen LogP contribution in [0.2, 0.25) is 36.3 Å². The van der Waals surface area contributed by atoms with Crippen molar-refractivity contribution in [3.63, 3.8) is 0 Å². The molecule has 2 atom stereocenters. The van der Waals surface area contributed by atoms with Crippen LogP contribution in [0.4, 0.5) is 0 Å². The van der Waals surface area contributed by atoms with E-state index in [1.807, 2.05) is 0 Å². The van der Waals surface area contributed by atoms with Crippen molar-refractivity contribution in [3.05, 3.63) is 9.47 Å². The van der Waals surface area contributed by atoms with Gasteiger partial charge in [0.05, 0.1) is 9.50 Å². The fourth-order valence-corrected chi connectivity index (χ4v) is 4.57. The quantitative estimate of drug-likeness (QED) is 0.333. The normalized spacial score (nSPS) is 16.7. The number of hydrogen-bond acceptors (Lipinski definition) is 2. The van der Waals surface area contributed by atoms with Crippen LogP contribution in [0.3, 0.4) is 0 Å². The van der Waals surface area contributed by atoms with Crippen molar-refractivity contribution in [2.75, 3.05) is 6.61 Å². The highest BCUT2D eigenvalue weighted by Gasteiger charge is 2.41. The monoisotopic (exact) mass is 500 g/mol. The lowest BCUT2D eigenvalue weighted by atomic mass is 10.1. The van der Waals surface area contributed by atoms with E-state index in [1.165, 1.54) is 0 Å². The summed E-state index contributed by atoms with van der Waals surface area (Å²) in [5.74, 6) is 0.304. The van der Waals surface area contributed by atoms with Crippen molar-refractivity contribution < 1.29 is 8.85 Å². The molecule has 0 aromatic heterocycles. The molecule has 6 heteroatoms. The molecule has 0 aromatic carbocycles. The molecule has 144 valence electrons. The zero-order valence-corrected chi connectivity index (χ0v) is 22.7. The predicted molar refractivity (Wildman–Crippen MR) is 120 cm³/mol. The molecular formula is C18H38Br2O2Si2. The number of rotatable bonds is 7. The lowest BCUT2D eigenvalue weighted by molar-refractivity contribution is 0.121. The van der Waals surface area contributed by atoms with Gasteiger partial charge in [0.25, 0.3) is 0 Å². The van der Waals surface area contributed by atoms with Crippen LogP contribution in [0.25, 0.3) is 0 Å². The topological polar surface area (TPSA) is 18.5 Å². The van der Waals surface area contributed by atoms with Crippen molar-refractivity contribution in [1.29, 1.82) is 0 Å². The molecule has 0 aliphatic carbocycles. The average Bonchev–Trinajstić information content (AvgIpc) is 2.31. The summed E-state index contributed by atoms with van der Waals surface area (Å²) in [5, 5.41) is 0.423. The molecule has 0 aliphatic rings. The van der Waals surface area contributed by atoms with E-state index in [-0.39, 0.29) is 16.2 Å². The predicted octanol–water partition coefficient (Wildman–Crippen LogP) is 7.67. The van der Waals surface area contributed by atoms with E-state index in [0.29, 0.717) is 5.92 Å². The molecule has 0 heterocycles. The van der Waals surface area contributed by atoms with E-state index in [2.05, 4.69) is 113 Å². The summed E-state index contributed by atoms with van der Waals surface area (Å²) in [6.45, 7) is 25.9. The molecule has 0 saturated heterocycles. The summed E-state index contributed by atoms with van der Waals surface area (Å²) in [6.07, 6.45) is 2.17. The molecule has 0 rings (SSSR count). The summed E-state index contributed by atoms with van der Waals surface area (Å²) in [6, 6.07) is 0. The molecule has 24 heavy (non-hydrogen) atoms. The van der Waals surface area contributed by atoms with Gasteiger partial charge < -0.3 is 8.85 Å². The van der Waals surface area contributed by atoms with E-state index in [9.17, 15) is 0 Å². The van der Waals surface area contributed by atoms with Gasteiger partial charge in [0.2, 0.25) is 0 Å². The Morgan fingerprint density at radius 2 is 1.33 bits per heavy atom. The van der Waals surface area contributed by atoms with Crippen LogP contribution >= 0.6 is 31.9 Å². The Kier molecular flexibility index (Phi) is 9.22. The van der Waals surface area contributed by atoms with Crippen molar-refractivity contribution in [3.8, 4) is 0 Å². The maximum Gasteiger partial charge on any atom is 0.192 e. The molecule has 0 aliphatic heterocycles. The third kappa shape index (κ3) is 7.74. The molecule has 0 bridgehead atoms.